The Bertz CT molecular complexity index is 449. The average molecular weight is 272 g/mol. The Morgan fingerprint density at radius 3 is 2.70 bits per heavy atom. The first-order valence-electron chi connectivity index (χ1n) is 7.52. The van der Waals surface area contributed by atoms with Crippen LogP contribution in [-0.2, 0) is 6.54 Å². The van der Waals surface area contributed by atoms with Gasteiger partial charge in [-0.1, -0.05) is 38.8 Å². The first-order valence-corrected chi connectivity index (χ1v) is 7.52. The summed E-state index contributed by atoms with van der Waals surface area (Å²) in [5.74, 6) is 2.33. The van der Waals surface area contributed by atoms with Crippen LogP contribution in [0.15, 0.2) is 24.3 Å². The molecule has 2 rings (SSSR count). The summed E-state index contributed by atoms with van der Waals surface area (Å²) < 4.78 is 5.25. The summed E-state index contributed by atoms with van der Waals surface area (Å²) in [7, 11) is 0. The molecule has 3 heteroatoms. The molecule has 1 aliphatic rings. The minimum Gasteiger partial charge on any atom is -0.479 e. The van der Waals surface area contributed by atoms with Crippen molar-refractivity contribution in [1.29, 1.82) is 5.26 Å². The van der Waals surface area contributed by atoms with E-state index in [0.717, 1.165) is 24.1 Å². The van der Waals surface area contributed by atoms with Crippen molar-refractivity contribution >= 4 is 0 Å². The lowest BCUT2D eigenvalue weighted by Gasteiger charge is -2.34. The fourth-order valence-electron chi connectivity index (χ4n) is 2.94. The van der Waals surface area contributed by atoms with E-state index in [-0.39, 0.29) is 6.61 Å². The Morgan fingerprint density at radius 2 is 2.00 bits per heavy atom. The maximum Gasteiger partial charge on any atom is 0.174 e. The molecule has 20 heavy (non-hydrogen) atoms. The Hall–Kier alpha value is -1.53. The highest BCUT2D eigenvalue weighted by Crippen LogP contribution is 2.29. The van der Waals surface area contributed by atoms with Crippen molar-refractivity contribution in [2.24, 2.45) is 11.8 Å². The molecule has 0 bridgehead atoms. The quantitative estimate of drug-likeness (QED) is 0.892. The molecule has 1 aromatic rings. The Morgan fingerprint density at radius 1 is 1.25 bits per heavy atom. The summed E-state index contributed by atoms with van der Waals surface area (Å²) in [5, 5.41) is 12.2. The number of nitrogens with one attached hydrogen (secondary N) is 1. The van der Waals surface area contributed by atoms with Crippen molar-refractivity contribution in [1.82, 2.24) is 5.32 Å². The van der Waals surface area contributed by atoms with E-state index in [4.69, 9.17) is 10.00 Å². The Balaban J connectivity index is 1.83. The van der Waals surface area contributed by atoms with E-state index in [2.05, 4.69) is 31.3 Å². The second-order valence-electron chi connectivity index (χ2n) is 5.85. The zero-order chi connectivity index (χ0) is 14.4. The third-order valence-electron chi connectivity index (χ3n) is 4.50. The van der Waals surface area contributed by atoms with Crippen LogP contribution in [0.2, 0.25) is 0 Å². The first-order chi connectivity index (χ1) is 9.70. The van der Waals surface area contributed by atoms with Gasteiger partial charge in [0.1, 0.15) is 11.8 Å². The van der Waals surface area contributed by atoms with E-state index < -0.39 is 0 Å². The van der Waals surface area contributed by atoms with Crippen LogP contribution < -0.4 is 10.1 Å². The number of rotatable bonds is 5. The largest absolute Gasteiger partial charge is 0.479 e. The molecule has 3 unspecified atom stereocenters. The van der Waals surface area contributed by atoms with Gasteiger partial charge in [-0.05, 0) is 36.0 Å². The Labute approximate surface area is 121 Å². The summed E-state index contributed by atoms with van der Waals surface area (Å²) in [6.07, 6.45) is 3.99. The van der Waals surface area contributed by atoms with E-state index in [1.54, 1.807) is 0 Å². The number of hydrogen-bond donors (Lipinski definition) is 1. The molecule has 0 aliphatic heterocycles. The fraction of sp³-hybridized carbons (Fsp3) is 0.588. The van der Waals surface area contributed by atoms with Gasteiger partial charge >= 0.3 is 0 Å². The number of nitrogens with zero attached hydrogens (tertiary/aromatic N) is 1. The summed E-state index contributed by atoms with van der Waals surface area (Å²) in [6, 6.07) is 10.6. The highest BCUT2D eigenvalue weighted by Gasteiger charge is 2.26. The van der Waals surface area contributed by atoms with Crippen LogP contribution in [0.5, 0.6) is 5.75 Å². The lowest BCUT2D eigenvalue weighted by Crippen LogP contribution is -2.40. The van der Waals surface area contributed by atoms with Crippen molar-refractivity contribution in [3.63, 3.8) is 0 Å². The Kier molecular flexibility index (Phi) is 5.43. The van der Waals surface area contributed by atoms with Gasteiger partial charge in [0.25, 0.3) is 0 Å². The lowest BCUT2D eigenvalue weighted by molar-refractivity contribution is 0.206. The molecule has 0 amide bonds. The van der Waals surface area contributed by atoms with Crippen molar-refractivity contribution in [2.75, 3.05) is 6.61 Å². The van der Waals surface area contributed by atoms with Crippen molar-refractivity contribution in [3.8, 4) is 11.8 Å². The zero-order valence-corrected chi connectivity index (χ0v) is 12.4. The molecule has 3 atom stereocenters. The molecule has 1 fully saturated rings. The molecule has 1 aliphatic carbocycles. The topological polar surface area (TPSA) is 45.0 Å². The molecule has 3 nitrogen and oxygen atoms in total. The molecule has 0 heterocycles. The molecular formula is C17H24N2O. The normalized spacial score (nSPS) is 25.9. The summed E-state index contributed by atoms with van der Waals surface area (Å²) in [5.41, 5.74) is 1.26. The fourth-order valence-corrected chi connectivity index (χ4v) is 2.94. The molecular weight excluding hydrogens is 248 g/mol. The molecule has 1 aromatic carbocycles. The van der Waals surface area contributed by atoms with E-state index in [1.807, 2.05) is 18.2 Å². The third-order valence-corrected chi connectivity index (χ3v) is 4.50. The maximum atomic E-state index is 8.47. The monoisotopic (exact) mass is 272 g/mol. The second kappa shape index (κ2) is 7.31. The van der Waals surface area contributed by atoms with E-state index in [1.165, 1.54) is 24.8 Å². The summed E-state index contributed by atoms with van der Waals surface area (Å²) >= 11 is 0. The van der Waals surface area contributed by atoms with Crippen molar-refractivity contribution in [2.45, 2.75) is 45.7 Å². The smallest absolute Gasteiger partial charge is 0.174 e. The van der Waals surface area contributed by atoms with Gasteiger partial charge in [-0.25, -0.2) is 0 Å². The van der Waals surface area contributed by atoms with Gasteiger partial charge in [0, 0.05) is 12.6 Å². The summed E-state index contributed by atoms with van der Waals surface area (Å²) in [4.78, 5) is 0. The molecule has 0 aromatic heterocycles. The second-order valence-corrected chi connectivity index (χ2v) is 5.85. The molecule has 1 saturated carbocycles. The van der Waals surface area contributed by atoms with Gasteiger partial charge < -0.3 is 10.1 Å². The van der Waals surface area contributed by atoms with Crippen LogP contribution in [0.4, 0.5) is 0 Å². The van der Waals surface area contributed by atoms with Crippen LogP contribution in [0.3, 0.4) is 0 Å². The lowest BCUT2D eigenvalue weighted by atomic mass is 9.78. The highest BCUT2D eigenvalue weighted by molar-refractivity contribution is 5.27. The molecule has 1 N–H and O–H groups in total. The number of ether oxygens (including phenoxy) is 1. The van der Waals surface area contributed by atoms with Crippen LogP contribution in [0.1, 0.15) is 38.7 Å². The van der Waals surface area contributed by atoms with E-state index in [9.17, 15) is 0 Å². The first kappa shape index (κ1) is 14.9. The van der Waals surface area contributed by atoms with Gasteiger partial charge in [0.15, 0.2) is 6.61 Å². The van der Waals surface area contributed by atoms with Gasteiger partial charge in [0.2, 0.25) is 0 Å². The van der Waals surface area contributed by atoms with E-state index >= 15 is 0 Å². The molecule has 0 radical (unpaired) electrons. The molecule has 108 valence electrons. The SMILES string of the molecule is CC1CCCC(NCc2ccc(OCC#N)cc2)C1C. The van der Waals surface area contributed by atoms with Crippen LogP contribution in [0, 0.1) is 23.2 Å². The van der Waals surface area contributed by atoms with Crippen LogP contribution in [-0.4, -0.2) is 12.6 Å². The zero-order valence-electron chi connectivity index (χ0n) is 12.4. The molecule has 0 spiro atoms. The minimum atomic E-state index is 0.106. The van der Waals surface area contributed by atoms with Gasteiger partial charge in [-0.3, -0.25) is 0 Å². The molecule has 0 saturated heterocycles. The maximum absolute atomic E-state index is 8.47. The van der Waals surface area contributed by atoms with Crippen molar-refractivity contribution in [3.05, 3.63) is 29.8 Å². The van der Waals surface area contributed by atoms with E-state index in [0.29, 0.717) is 6.04 Å². The van der Waals surface area contributed by atoms with Gasteiger partial charge in [0.05, 0.1) is 0 Å². The number of hydrogen-bond acceptors (Lipinski definition) is 3. The predicted molar refractivity (Wildman–Crippen MR) is 80.4 cm³/mol. The minimum absolute atomic E-state index is 0.106. The van der Waals surface area contributed by atoms with Gasteiger partial charge in [-0.2, -0.15) is 5.26 Å². The van der Waals surface area contributed by atoms with Crippen LogP contribution in [0.25, 0.3) is 0 Å². The third kappa shape index (κ3) is 3.98. The number of nitriles is 1. The summed E-state index contributed by atoms with van der Waals surface area (Å²) in [6.45, 7) is 5.73. The highest BCUT2D eigenvalue weighted by atomic mass is 16.5. The average Bonchev–Trinajstić information content (AvgIpc) is 2.48. The van der Waals surface area contributed by atoms with Gasteiger partial charge in [-0.15, -0.1) is 0 Å². The van der Waals surface area contributed by atoms with Crippen LogP contribution >= 0.6 is 0 Å². The van der Waals surface area contributed by atoms with Crippen molar-refractivity contribution < 1.29 is 4.74 Å². The predicted octanol–water partition coefficient (Wildman–Crippen LogP) is 3.50. The standard InChI is InChI=1S/C17H24N2O/c1-13-4-3-5-17(14(13)2)19-12-15-6-8-16(9-7-15)20-11-10-18/h6-9,13-14,17,19H,3-5,11-12H2,1-2H3. The number of benzene rings is 1.